The Morgan fingerprint density at radius 2 is 1.29 bits per heavy atom. The molecule has 52 heavy (non-hydrogen) atoms. The summed E-state index contributed by atoms with van der Waals surface area (Å²) in [5.74, 6) is 0.276. The molecule has 8 rings (SSSR count). The van der Waals surface area contributed by atoms with E-state index >= 15 is 0 Å². The molecule has 0 radical (unpaired) electrons. The summed E-state index contributed by atoms with van der Waals surface area (Å²) in [6.07, 6.45) is 0. The number of nitrogens with one attached hydrogen (secondary N) is 1. The van der Waals surface area contributed by atoms with Crippen LogP contribution in [0.3, 0.4) is 0 Å². The van der Waals surface area contributed by atoms with E-state index in [1.807, 2.05) is 13.0 Å². The Hall–Kier alpha value is -6.96. The lowest BCUT2D eigenvalue weighted by molar-refractivity contribution is 0.0986. The third kappa shape index (κ3) is 5.75. The Morgan fingerprint density at radius 3 is 2.00 bits per heavy atom. The second-order valence-electron chi connectivity index (χ2n) is 12.1. The number of fused-ring (bicyclic) bond motifs is 4. The Bertz CT molecular complexity index is 2580. The second-order valence-corrected chi connectivity index (χ2v) is 12.1. The highest BCUT2D eigenvalue weighted by atomic mass is 16.7. The minimum absolute atomic E-state index is 0. The molecule has 2 aromatic heterocycles. The number of carbonyl (C=O) groups is 2. The highest BCUT2D eigenvalue weighted by Crippen LogP contribution is 2.37. The number of hydrogen-bond acceptors (Lipinski definition) is 10. The van der Waals surface area contributed by atoms with E-state index in [2.05, 4.69) is 5.32 Å². The van der Waals surface area contributed by atoms with Crippen molar-refractivity contribution in [1.82, 2.24) is 9.13 Å². The molecule has 2 amide bonds. The van der Waals surface area contributed by atoms with Gasteiger partial charge in [-0.15, -0.1) is 0 Å². The molecule has 0 spiro atoms. The molecule has 4 aromatic carbocycles. The van der Waals surface area contributed by atoms with Crippen molar-refractivity contribution in [2.24, 2.45) is 14.1 Å². The van der Waals surface area contributed by atoms with Crippen LogP contribution in [0, 0.1) is 6.92 Å². The lowest BCUT2D eigenvalue weighted by atomic mass is 10.1. The van der Waals surface area contributed by atoms with E-state index in [0.717, 1.165) is 5.56 Å². The molecule has 0 atom stereocenters. The molecule has 4 heterocycles. The van der Waals surface area contributed by atoms with Crippen molar-refractivity contribution in [3.05, 3.63) is 116 Å². The van der Waals surface area contributed by atoms with Crippen LogP contribution in [0.25, 0.3) is 21.8 Å². The van der Waals surface area contributed by atoms with E-state index in [1.165, 1.54) is 14.0 Å². The van der Waals surface area contributed by atoms with Crippen LogP contribution >= 0.6 is 0 Å². The number of carbonyl (C=O) groups excluding carboxylic acids is 2. The summed E-state index contributed by atoms with van der Waals surface area (Å²) in [5.41, 5.74) is 1.28. The van der Waals surface area contributed by atoms with Crippen LogP contribution in [0.1, 0.15) is 27.7 Å². The van der Waals surface area contributed by atoms with Gasteiger partial charge in [0.2, 0.25) is 13.6 Å². The number of hydrogen-bond donors (Lipinski definition) is 3. The quantitative estimate of drug-likeness (QED) is 0.226. The van der Waals surface area contributed by atoms with E-state index < -0.39 is 22.9 Å². The summed E-state index contributed by atoms with van der Waals surface area (Å²) < 4.78 is 23.8. The SMILES string of the molecule is Cc1ccc2c(c1)c(O)c(C(=O)N(C)c1ccc3c(c1)OCO3)c(=O)n2C.Cn1c(=O)c(C(=O)Nc2ccc3c(c2)OCO3)c(O)c2ccccc21.[HH]. The number of rotatable bonds is 4. The minimum atomic E-state index is -0.692. The predicted molar refractivity (Wildman–Crippen MR) is 194 cm³/mol. The summed E-state index contributed by atoms with van der Waals surface area (Å²) in [7, 11) is 4.68. The van der Waals surface area contributed by atoms with E-state index in [9.17, 15) is 29.4 Å². The number of benzene rings is 4. The molecule has 2 aliphatic heterocycles. The molecule has 2 aliphatic rings. The van der Waals surface area contributed by atoms with Gasteiger partial charge < -0.3 is 48.5 Å². The monoisotopic (exact) mass is 706 g/mol. The molecule has 0 unspecified atom stereocenters. The number of aromatic hydroxyl groups is 2. The van der Waals surface area contributed by atoms with Crippen molar-refractivity contribution in [3.8, 4) is 34.5 Å². The minimum Gasteiger partial charge on any atom is -0.506 e. The van der Waals surface area contributed by atoms with Crippen molar-refractivity contribution >= 4 is 45.0 Å². The molecule has 0 fully saturated rings. The van der Waals surface area contributed by atoms with Gasteiger partial charge in [-0.3, -0.25) is 19.2 Å². The summed E-state index contributed by atoms with van der Waals surface area (Å²) in [4.78, 5) is 52.2. The molecule has 0 aliphatic carbocycles. The van der Waals surface area contributed by atoms with Gasteiger partial charge in [-0.05, 0) is 55.5 Å². The molecular formula is C38H34N4O10. The molecule has 0 saturated carbocycles. The van der Waals surface area contributed by atoms with Gasteiger partial charge in [0.25, 0.3) is 22.9 Å². The van der Waals surface area contributed by atoms with E-state index in [1.54, 1.807) is 93.9 Å². The molecular weight excluding hydrogens is 672 g/mol. The molecule has 0 saturated heterocycles. The number of ether oxygens (including phenoxy) is 4. The highest BCUT2D eigenvalue weighted by molar-refractivity contribution is 6.11. The van der Waals surface area contributed by atoms with Gasteiger partial charge in [0.05, 0.1) is 11.0 Å². The average Bonchev–Trinajstić information content (AvgIpc) is 3.82. The van der Waals surface area contributed by atoms with Gasteiger partial charge in [-0.25, -0.2) is 0 Å². The number of anilines is 2. The molecule has 6 aromatic rings. The van der Waals surface area contributed by atoms with Gasteiger partial charge in [0.1, 0.15) is 22.6 Å². The first-order chi connectivity index (χ1) is 24.9. The summed E-state index contributed by atoms with van der Waals surface area (Å²) in [5, 5.41) is 24.6. The van der Waals surface area contributed by atoms with Crippen LogP contribution < -0.4 is 40.3 Å². The van der Waals surface area contributed by atoms with Crippen molar-refractivity contribution < 1.29 is 40.2 Å². The number of nitrogens with zero attached hydrogens (tertiary/aromatic N) is 3. The second kappa shape index (κ2) is 13.1. The number of para-hydroxylation sites is 1. The Labute approximate surface area is 296 Å². The number of amides is 2. The fraction of sp³-hybridized carbons (Fsp3) is 0.158. The van der Waals surface area contributed by atoms with Crippen LogP contribution in [0.5, 0.6) is 34.5 Å². The number of aromatic nitrogens is 2. The van der Waals surface area contributed by atoms with E-state index in [0.29, 0.717) is 56.2 Å². The van der Waals surface area contributed by atoms with Crippen LogP contribution in [0.2, 0.25) is 0 Å². The first-order valence-electron chi connectivity index (χ1n) is 16.0. The topological polar surface area (TPSA) is 171 Å². The lowest BCUT2D eigenvalue weighted by Crippen LogP contribution is -2.34. The molecule has 14 heteroatoms. The van der Waals surface area contributed by atoms with Crippen LogP contribution in [0.15, 0.2) is 88.5 Å². The standard InChI is InChI=1S/C20H18N2O5.C18H14N2O5.H2/c1-11-4-6-14-13(8-11)18(23)17(20(25)22(14)3)19(24)21(2)12-5-7-15-16(9-12)27-10-26-15;1-20-12-5-3-2-4-11(12)16(21)15(18(20)23)17(22)19-10-6-7-13-14(8-10)25-9-24-13;/h4-9,23H,10H2,1-3H3;2-8,21H,9H2,1H3,(H,19,22);1H. The Morgan fingerprint density at radius 1 is 0.712 bits per heavy atom. The summed E-state index contributed by atoms with van der Waals surface area (Å²) in [6.45, 7) is 2.13. The van der Waals surface area contributed by atoms with Gasteiger partial charge in [-0.1, -0.05) is 23.8 Å². The zero-order chi connectivity index (χ0) is 36.8. The molecule has 3 N–H and O–H groups in total. The predicted octanol–water partition coefficient (Wildman–Crippen LogP) is 5.03. The van der Waals surface area contributed by atoms with Crippen molar-refractivity contribution in [3.63, 3.8) is 0 Å². The van der Waals surface area contributed by atoms with Gasteiger partial charge in [0.15, 0.2) is 23.0 Å². The zero-order valence-corrected chi connectivity index (χ0v) is 28.4. The maximum absolute atomic E-state index is 13.0. The first kappa shape index (κ1) is 33.5. The Balaban J connectivity index is 0.000000178. The Kier molecular flexibility index (Phi) is 8.42. The largest absolute Gasteiger partial charge is 0.506 e. The summed E-state index contributed by atoms with van der Waals surface area (Å²) in [6, 6.07) is 22.1. The van der Waals surface area contributed by atoms with E-state index in [-0.39, 0.29) is 37.6 Å². The maximum atomic E-state index is 13.0. The van der Waals surface area contributed by atoms with Crippen LogP contribution in [-0.2, 0) is 14.1 Å². The molecule has 0 bridgehead atoms. The normalized spacial score (nSPS) is 12.4. The third-order valence-corrected chi connectivity index (χ3v) is 8.92. The van der Waals surface area contributed by atoms with Crippen LogP contribution in [0.4, 0.5) is 11.4 Å². The van der Waals surface area contributed by atoms with Gasteiger partial charge in [0, 0.05) is 56.8 Å². The van der Waals surface area contributed by atoms with Crippen molar-refractivity contribution in [1.29, 1.82) is 0 Å². The fourth-order valence-electron chi connectivity index (χ4n) is 6.07. The van der Waals surface area contributed by atoms with E-state index in [4.69, 9.17) is 18.9 Å². The smallest absolute Gasteiger partial charge is 0.267 e. The van der Waals surface area contributed by atoms with Crippen LogP contribution in [-0.4, -0.2) is 51.8 Å². The number of pyridine rings is 2. The lowest BCUT2D eigenvalue weighted by Gasteiger charge is -2.19. The van der Waals surface area contributed by atoms with Gasteiger partial charge >= 0.3 is 0 Å². The molecule has 266 valence electrons. The average molecular weight is 707 g/mol. The maximum Gasteiger partial charge on any atom is 0.267 e. The third-order valence-electron chi connectivity index (χ3n) is 8.92. The fourth-order valence-corrected chi connectivity index (χ4v) is 6.07. The zero-order valence-electron chi connectivity index (χ0n) is 28.4. The van der Waals surface area contributed by atoms with Crippen molar-refractivity contribution in [2.45, 2.75) is 6.92 Å². The summed E-state index contributed by atoms with van der Waals surface area (Å²) >= 11 is 0. The van der Waals surface area contributed by atoms with Gasteiger partial charge in [-0.2, -0.15) is 0 Å². The highest BCUT2D eigenvalue weighted by Gasteiger charge is 2.26. The first-order valence-corrected chi connectivity index (χ1v) is 16.0. The number of aryl methyl sites for hydroxylation is 3. The molecule has 14 nitrogen and oxygen atoms in total. The van der Waals surface area contributed by atoms with Crippen molar-refractivity contribution in [2.75, 3.05) is 30.9 Å².